The third kappa shape index (κ3) is 2.69. The van der Waals surface area contributed by atoms with E-state index in [2.05, 4.69) is 32.7 Å². The van der Waals surface area contributed by atoms with Crippen molar-refractivity contribution in [2.24, 2.45) is 0 Å². The van der Waals surface area contributed by atoms with Gasteiger partial charge in [0.1, 0.15) is 11.6 Å². The molecule has 0 spiro atoms. The summed E-state index contributed by atoms with van der Waals surface area (Å²) in [7, 11) is 2.00. The number of phenols is 1. The van der Waals surface area contributed by atoms with Crippen LogP contribution in [0.4, 0.5) is 5.82 Å². The van der Waals surface area contributed by atoms with Crippen molar-refractivity contribution < 1.29 is 5.11 Å². The average Bonchev–Trinajstić information content (AvgIpc) is 2.27. The lowest BCUT2D eigenvalue weighted by Crippen LogP contribution is -2.24. The molecule has 1 N–H and O–H groups in total. The number of fused-ring (bicyclic) bond motifs is 1. The quantitative estimate of drug-likeness (QED) is 0.884. The van der Waals surface area contributed by atoms with Gasteiger partial charge in [0, 0.05) is 30.0 Å². The van der Waals surface area contributed by atoms with E-state index in [1.807, 2.05) is 19.2 Å². The van der Waals surface area contributed by atoms with Gasteiger partial charge in [0.25, 0.3) is 0 Å². The minimum Gasteiger partial charge on any atom is -0.508 e. The summed E-state index contributed by atoms with van der Waals surface area (Å²) in [6, 6.07) is 7.30. The van der Waals surface area contributed by atoms with Crippen LogP contribution in [0.3, 0.4) is 0 Å². The SMILES string of the molecule is CC(Br)CN(C)c1nccc2ccc(O)cc12. The van der Waals surface area contributed by atoms with Gasteiger partial charge in [0.2, 0.25) is 0 Å². The Bertz CT molecular complexity index is 528. The van der Waals surface area contributed by atoms with Crippen LogP contribution in [0.25, 0.3) is 10.8 Å². The fourth-order valence-corrected chi connectivity index (χ4v) is 2.34. The Balaban J connectivity index is 2.49. The first-order valence-electron chi connectivity index (χ1n) is 5.51. The van der Waals surface area contributed by atoms with E-state index in [0.29, 0.717) is 4.83 Å². The topological polar surface area (TPSA) is 36.4 Å². The second-order valence-corrected chi connectivity index (χ2v) is 5.76. The number of aromatic nitrogens is 1. The van der Waals surface area contributed by atoms with Crippen LogP contribution in [0.15, 0.2) is 30.5 Å². The molecule has 90 valence electrons. The number of aromatic hydroxyl groups is 1. The van der Waals surface area contributed by atoms with Gasteiger partial charge >= 0.3 is 0 Å². The molecule has 0 radical (unpaired) electrons. The molecule has 2 rings (SSSR count). The highest BCUT2D eigenvalue weighted by Gasteiger charge is 2.09. The minimum atomic E-state index is 0.270. The summed E-state index contributed by atoms with van der Waals surface area (Å²) >= 11 is 3.53. The number of nitrogens with zero attached hydrogens (tertiary/aromatic N) is 2. The smallest absolute Gasteiger partial charge is 0.136 e. The number of benzene rings is 1. The van der Waals surface area contributed by atoms with Gasteiger partial charge in [-0.3, -0.25) is 0 Å². The van der Waals surface area contributed by atoms with E-state index in [0.717, 1.165) is 23.1 Å². The van der Waals surface area contributed by atoms with E-state index in [-0.39, 0.29) is 5.75 Å². The lowest BCUT2D eigenvalue weighted by atomic mass is 10.1. The van der Waals surface area contributed by atoms with Crippen molar-refractivity contribution in [1.29, 1.82) is 0 Å². The van der Waals surface area contributed by atoms with E-state index in [9.17, 15) is 5.11 Å². The minimum absolute atomic E-state index is 0.270. The Morgan fingerprint density at radius 3 is 2.88 bits per heavy atom. The summed E-state index contributed by atoms with van der Waals surface area (Å²) in [6.45, 7) is 2.96. The van der Waals surface area contributed by atoms with E-state index in [1.54, 1.807) is 18.3 Å². The van der Waals surface area contributed by atoms with Crippen molar-refractivity contribution in [3.05, 3.63) is 30.5 Å². The van der Waals surface area contributed by atoms with Crippen LogP contribution in [0.2, 0.25) is 0 Å². The summed E-state index contributed by atoms with van der Waals surface area (Å²) in [4.78, 5) is 6.87. The molecule has 0 aliphatic heterocycles. The zero-order chi connectivity index (χ0) is 12.4. The molecule has 1 heterocycles. The van der Waals surface area contributed by atoms with E-state index in [4.69, 9.17) is 0 Å². The zero-order valence-electron chi connectivity index (χ0n) is 9.89. The third-order valence-corrected chi connectivity index (χ3v) is 2.91. The van der Waals surface area contributed by atoms with Crippen molar-refractivity contribution in [2.45, 2.75) is 11.8 Å². The molecule has 0 aliphatic carbocycles. The molecule has 0 saturated heterocycles. The lowest BCUT2D eigenvalue weighted by molar-refractivity contribution is 0.476. The summed E-state index contributed by atoms with van der Waals surface area (Å²) in [6.07, 6.45) is 1.80. The molecule has 0 fully saturated rings. The highest BCUT2D eigenvalue weighted by molar-refractivity contribution is 9.09. The van der Waals surface area contributed by atoms with Crippen LogP contribution in [-0.2, 0) is 0 Å². The van der Waals surface area contributed by atoms with Gasteiger partial charge in [-0.15, -0.1) is 0 Å². The van der Waals surface area contributed by atoms with E-state index >= 15 is 0 Å². The summed E-state index contributed by atoms with van der Waals surface area (Å²) < 4.78 is 0. The number of alkyl halides is 1. The molecular formula is C13H15BrN2O. The van der Waals surface area contributed by atoms with E-state index in [1.165, 1.54) is 0 Å². The largest absolute Gasteiger partial charge is 0.508 e. The second-order valence-electron chi connectivity index (χ2n) is 4.20. The molecule has 1 unspecified atom stereocenters. The number of hydrogen-bond acceptors (Lipinski definition) is 3. The predicted octanol–water partition coefficient (Wildman–Crippen LogP) is 3.16. The molecular weight excluding hydrogens is 280 g/mol. The Hall–Kier alpha value is -1.29. The number of anilines is 1. The number of rotatable bonds is 3. The van der Waals surface area contributed by atoms with E-state index < -0.39 is 0 Å². The van der Waals surface area contributed by atoms with Crippen LogP contribution < -0.4 is 4.90 Å². The van der Waals surface area contributed by atoms with Crippen LogP contribution in [0.5, 0.6) is 5.75 Å². The van der Waals surface area contributed by atoms with Crippen molar-refractivity contribution in [2.75, 3.05) is 18.5 Å². The first-order chi connectivity index (χ1) is 8.08. The van der Waals surface area contributed by atoms with Gasteiger partial charge in [0.15, 0.2) is 0 Å². The van der Waals surface area contributed by atoms with Crippen LogP contribution >= 0.6 is 15.9 Å². The standard InChI is InChI=1S/C13H15BrN2O/c1-9(14)8-16(2)13-12-7-11(17)4-3-10(12)5-6-15-13/h3-7,9,17H,8H2,1-2H3. The van der Waals surface area contributed by atoms with Crippen LogP contribution in [0, 0.1) is 0 Å². The first-order valence-corrected chi connectivity index (χ1v) is 6.42. The number of pyridine rings is 1. The van der Waals surface area contributed by atoms with Crippen molar-refractivity contribution in [3.63, 3.8) is 0 Å². The van der Waals surface area contributed by atoms with Gasteiger partial charge in [-0.25, -0.2) is 4.98 Å². The van der Waals surface area contributed by atoms with Gasteiger partial charge < -0.3 is 10.0 Å². The van der Waals surface area contributed by atoms with Gasteiger partial charge in [-0.2, -0.15) is 0 Å². The maximum Gasteiger partial charge on any atom is 0.136 e. The summed E-state index contributed by atoms with van der Waals surface area (Å²) in [5.41, 5.74) is 0. The molecule has 17 heavy (non-hydrogen) atoms. The first kappa shape index (κ1) is 12.2. The average molecular weight is 295 g/mol. The maximum absolute atomic E-state index is 9.56. The maximum atomic E-state index is 9.56. The number of halogens is 1. The molecule has 2 aromatic rings. The second kappa shape index (κ2) is 4.92. The van der Waals surface area contributed by atoms with Crippen molar-refractivity contribution in [3.8, 4) is 5.75 Å². The Morgan fingerprint density at radius 2 is 2.18 bits per heavy atom. The molecule has 1 aromatic heterocycles. The molecule has 0 bridgehead atoms. The van der Waals surface area contributed by atoms with Gasteiger partial charge in [-0.05, 0) is 23.6 Å². The van der Waals surface area contributed by atoms with Gasteiger partial charge in [-0.1, -0.05) is 28.9 Å². The Kier molecular flexibility index (Phi) is 3.52. The normalized spacial score (nSPS) is 12.6. The molecule has 4 heteroatoms. The number of hydrogen-bond donors (Lipinski definition) is 1. The summed E-state index contributed by atoms with van der Waals surface area (Å²) in [5, 5.41) is 11.6. The van der Waals surface area contributed by atoms with Crippen molar-refractivity contribution in [1.82, 2.24) is 4.98 Å². The monoisotopic (exact) mass is 294 g/mol. The zero-order valence-corrected chi connectivity index (χ0v) is 11.5. The Labute approximate surface area is 109 Å². The molecule has 1 aromatic carbocycles. The highest BCUT2D eigenvalue weighted by Crippen LogP contribution is 2.27. The predicted molar refractivity (Wildman–Crippen MR) is 75.1 cm³/mol. The van der Waals surface area contributed by atoms with Gasteiger partial charge in [0.05, 0.1) is 0 Å². The third-order valence-electron chi connectivity index (χ3n) is 2.62. The fourth-order valence-electron chi connectivity index (χ4n) is 1.91. The molecule has 0 amide bonds. The fraction of sp³-hybridized carbons (Fsp3) is 0.308. The highest BCUT2D eigenvalue weighted by atomic mass is 79.9. The lowest BCUT2D eigenvalue weighted by Gasteiger charge is -2.21. The van der Waals surface area contributed by atoms with Crippen LogP contribution in [0.1, 0.15) is 6.92 Å². The molecule has 1 atom stereocenters. The number of phenolic OH excluding ortho intramolecular Hbond substituents is 1. The molecule has 0 saturated carbocycles. The molecule has 3 nitrogen and oxygen atoms in total. The van der Waals surface area contributed by atoms with Crippen LogP contribution in [-0.4, -0.2) is 28.5 Å². The van der Waals surface area contributed by atoms with Crippen molar-refractivity contribution >= 4 is 32.5 Å². The Morgan fingerprint density at radius 1 is 1.41 bits per heavy atom. The summed E-state index contributed by atoms with van der Waals surface area (Å²) in [5.74, 6) is 1.16. The molecule has 0 aliphatic rings.